The Hall–Kier alpha value is -18.8. The molecule has 1 aliphatic carbocycles. The van der Waals surface area contributed by atoms with Crippen LogP contribution in [0.2, 0.25) is 0 Å². The van der Waals surface area contributed by atoms with Gasteiger partial charge in [-0.1, -0.05) is 335 Å². The summed E-state index contributed by atoms with van der Waals surface area (Å²) in [6, 6.07) is 185. The number of fused-ring (bicyclic) bond motifs is 21. The summed E-state index contributed by atoms with van der Waals surface area (Å²) in [5.74, 6) is 0. The quantitative estimate of drug-likeness (QED) is 0.103. The third-order valence-electron chi connectivity index (χ3n) is 29.9. The van der Waals surface area contributed by atoms with Crippen molar-refractivity contribution in [3.63, 3.8) is 0 Å². The minimum absolute atomic E-state index is 0.263. The zero-order chi connectivity index (χ0) is 94.5. The van der Waals surface area contributed by atoms with E-state index >= 15 is 0 Å². The summed E-state index contributed by atoms with van der Waals surface area (Å²) in [6.45, 7) is 4.78. The van der Waals surface area contributed by atoms with Crippen molar-refractivity contribution < 1.29 is 8.83 Å². The molecule has 672 valence electrons. The van der Waals surface area contributed by atoms with Crippen LogP contribution in [0.3, 0.4) is 0 Å². The molecule has 0 N–H and O–H groups in total. The fraction of sp³-hybridized carbons (Fsp3) is 0.0222. The van der Waals surface area contributed by atoms with E-state index < -0.39 is 0 Å². The molecule has 0 aliphatic heterocycles. The van der Waals surface area contributed by atoms with E-state index in [1.165, 1.54) is 137 Å². The highest BCUT2D eigenvalue weighted by atomic mass is 16.3. The second-order valence-corrected chi connectivity index (χ2v) is 38.2. The predicted octanol–water partition coefficient (Wildman–Crippen LogP) is 37.1. The molecule has 28 aromatic rings. The number of rotatable bonds is 15. The van der Waals surface area contributed by atoms with Crippen LogP contribution in [0.5, 0.6) is 0 Å². The number of aromatic nitrogens is 4. The Labute approximate surface area is 825 Å². The maximum atomic E-state index is 6.51. The fourth-order valence-electron chi connectivity index (χ4n) is 23.0. The molecule has 0 amide bonds. The van der Waals surface area contributed by atoms with Gasteiger partial charge in [-0.15, -0.1) is 0 Å². The molecule has 6 heterocycles. The van der Waals surface area contributed by atoms with Crippen LogP contribution in [0, 0.1) is 0 Å². The van der Waals surface area contributed by atoms with Crippen molar-refractivity contribution in [1.82, 2.24) is 18.3 Å². The Morgan fingerprint density at radius 3 is 0.811 bits per heavy atom. The van der Waals surface area contributed by atoms with Gasteiger partial charge in [-0.2, -0.15) is 0 Å². The van der Waals surface area contributed by atoms with Crippen molar-refractivity contribution in [1.29, 1.82) is 0 Å². The van der Waals surface area contributed by atoms with Gasteiger partial charge >= 0.3 is 0 Å². The molecule has 0 saturated heterocycles. The van der Waals surface area contributed by atoms with E-state index in [0.29, 0.717) is 0 Å². The van der Waals surface area contributed by atoms with Gasteiger partial charge in [0.1, 0.15) is 22.3 Å². The van der Waals surface area contributed by atoms with Crippen LogP contribution in [-0.4, -0.2) is 18.3 Å². The molecule has 0 radical (unpaired) electrons. The number of hydrogen-bond donors (Lipinski definition) is 0. The van der Waals surface area contributed by atoms with Crippen LogP contribution in [0.25, 0.3) is 221 Å². The van der Waals surface area contributed by atoms with E-state index in [0.717, 1.165) is 129 Å². The largest absolute Gasteiger partial charge is 0.455 e. The zero-order valence-corrected chi connectivity index (χ0v) is 78.5. The topological polar surface area (TPSA) is 52.5 Å². The molecule has 0 spiro atoms. The second kappa shape index (κ2) is 33.3. The monoisotopic (exact) mass is 1830 g/mol. The van der Waals surface area contributed by atoms with Crippen LogP contribution in [0.15, 0.2) is 518 Å². The van der Waals surface area contributed by atoms with Gasteiger partial charge in [0.05, 0.1) is 44.1 Å². The van der Waals surface area contributed by atoms with E-state index in [9.17, 15) is 0 Å². The van der Waals surface area contributed by atoms with E-state index in [-0.39, 0.29) is 5.41 Å². The van der Waals surface area contributed by atoms with Crippen LogP contribution in [-0.2, 0) is 5.41 Å². The highest BCUT2D eigenvalue weighted by Crippen LogP contribution is 2.54. The normalized spacial score (nSPS) is 12.3. The summed E-state index contributed by atoms with van der Waals surface area (Å²) in [5, 5.41) is 14.6. The van der Waals surface area contributed by atoms with E-state index in [4.69, 9.17) is 8.83 Å². The third-order valence-corrected chi connectivity index (χ3v) is 29.9. The lowest BCUT2D eigenvalue weighted by Gasteiger charge is -2.28. The summed E-state index contributed by atoms with van der Waals surface area (Å²) in [7, 11) is 0. The van der Waals surface area contributed by atoms with Crippen molar-refractivity contribution in [2.45, 2.75) is 19.3 Å². The Kier molecular flexibility index (Phi) is 19.2. The molecular weight excluding hydrogens is 1740 g/mol. The number of hydrogen-bond acceptors (Lipinski definition) is 4. The summed E-state index contributed by atoms with van der Waals surface area (Å²) in [4.78, 5) is 4.76. The lowest BCUT2D eigenvalue weighted by atomic mass is 9.81. The first-order chi connectivity index (χ1) is 70.7. The first kappa shape index (κ1) is 82.5. The minimum atomic E-state index is -0.263. The lowest BCUT2D eigenvalue weighted by molar-refractivity contribution is 0.660. The molecule has 0 fully saturated rings. The van der Waals surface area contributed by atoms with Gasteiger partial charge in [0.2, 0.25) is 0 Å². The van der Waals surface area contributed by atoms with Gasteiger partial charge in [0, 0.05) is 138 Å². The standard InChI is InChI=1S/C69H47N3O.C66H43N3O/c1-69(2)61-41-45(46-30-39-58-57-19-8-12-25-65(57)72(66(58)42-46)47-15-4-3-5-16-47)29-38-53(61)54-40-37-51(43-62(54)69)70(48-31-27-44(28-32-48)52-21-14-22-60-59-20-9-13-26-67(59)73-68(52)60)49-33-35-50(36-34-49)71-63-23-10-6-17-55(63)56-18-7-11-24-64(56)71;1-2-13-49(14-3-1)69-63-23-10-6-17-57(63)58-42-33-48(43-64(58)69)46-27-25-44(26-28-46)45-29-34-50(35-30-45)67(51-36-31-47(32-37-51)54-19-12-20-60-59-18-7-11-24-65(59)70-66(54)60)52-38-40-53(41-39-52)68-61-21-8-4-15-55(61)56-16-5-9-22-62(56)68/h3-43H,1-2H3;1-43H. The van der Waals surface area contributed by atoms with Gasteiger partial charge in [0.25, 0.3) is 0 Å². The number of furan rings is 2. The van der Waals surface area contributed by atoms with Crippen LogP contribution in [0.4, 0.5) is 34.1 Å². The summed E-state index contributed by atoms with van der Waals surface area (Å²) < 4.78 is 22.5. The molecule has 22 aromatic carbocycles. The molecule has 8 nitrogen and oxygen atoms in total. The van der Waals surface area contributed by atoms with Gasteiger partial charge in [-0.25, -0.2) is 0 Å². The second-order valence-electron chi connectivity index (χ2n) is 38.2. The number of nitrogens with zero attached hydrogens (tertiary/aromatic N) is 6. The SMILES string of the molecule is CC1(C)c2cc(-c3ccc4c5ccccc5n(-c5ccccc5)c4c3)ccc2-c2ccc(N(c3ccc(-c4cccc5c4oc4ccccc45)cc3)c3ccc(-n4c5ccccc5c5ccccc54)cc3)cc21.c1ccc(-n2c3ccccc3c3ccc(-c4ccc(-c5ccc(N(c6ccc(-c7cccc8c7oc7ccccc78)cc6)c6ccc(-n7c8ccccc8c8ccccc87)cc6)cc5)cc4)cc32)cc1. The molecule has 0 unspecified atom stereocenters. The Balaban J connectivity index is 0.000000140. The predicted molar refractivity (Wildman–Crippen MR) is 599 cm³/mol. The van der Waals surface area contributed by atoms with Gasteiger partial charge in [-0.05, 0) is 255 Å². The first-order valence-electron chi connectivity index (χ1n) is 49.1. The molecule has 143 heavy (non-hydrogen) atoms. The van der Waals surface area contributed by atoms with Gasteiger partial charge in [0.15, 0.2) is 0 Å². The Bertz CT molecular complexity index is 9800. The number of para-hydroxylation sites is 12. The molecule has 0 bridgehead atoms. The van der Waals surface area contributed by atoms with Crippen molar-refractivity contribution >= 4 is 165 Å². The van der Waals surface area contributed by atoms with Gasteiger partial charge in [-0.3, -0.25) is 0 Å². The maximum absolute atomic E-state index is 6.51. The van der Waals surface area contributed by atoms with E-state index in [2.05, 4.69) is 533 Å². The number of benzene rings is 22. The Morgan fingerprint density at radius 1 is 0.168 bits per heavy atom. The van der Waals surface area contributed by atoms with Crippen LogP contribution >= 0.6 is 0 Å². The Morgan fingerprint density at radius 2 is 0.420 bits per heavy atom. The van der Waals surface area contributed by atoms with Crippen molar-refractivity contribution in [3.05, 3.63) is 521 Å². The lowest BCUT2D eigenvalue weighted by Crippen LogP contribution is -2.16. The first-order valence-corrected chi connectivity index (χ1v) is 49.1. The average Bonchev–Trinajstić information content (AvgIpc) is 1.12. The van der Waals surface area contributed by atoms with Crippen LogP contribution < -0.4 is 9.80 Å². The molecule has 29 rings (SSSR count). The van der Waals surface area contributed by atoms with Crippen molar-refractivity contribution in [2.75, 3.05) is 9.80 Å². The van der Waals surface area contributed by atoms with E-state index in [1.807, 2.05) is 18.2 Å². The maximum Gasteiger partial charge on any atom is 0.143 e. The average molecular weight is 1830 g/mol. The molecular formula is C135H90N6O2. The third kappa shape index (κ3) is 13.6. The van der Waals surface area contributed by atoms with E-state index in [1.54, 1.807) is 0 Å². The molecule has 8 heteroatoms. The summed E-state index contributed by atoms with van der Waals surface area (Å²) >= 11 is 0. The highest BCUT2D eigenvalue weighted by Gasteiger charge is 2.37. The zero-order valence-electron chi connectivity index (χ0n) is 78.5. The summed E-state index contributed by atoms with van der Waals surface area (Å²) in [5.41, 5.74) is 40.7. The van der Waals surface area contributed by atoms with Crippen molar-refractivity contribution in [2.24, 2.45) is 0 Å². The number of anilines is 6. The fourth-order valence-corrected chi connectivity index (χ4v) is 23.0. The molecule has 6 aromatic heterocycles. The summed E-state index contributed by atoms with van der Waals surface area (Å²) in [6.07, 6.45) is 0. The molecule has 0 atom stereocenters. The smallest absolute Gasteiger partial charge is 0.143 e. The highest BCUT2D eigenvalue weighted by molar-refractivity contribution is 6.16. The minimum Gasteiger partial charge on any atom is -0.455 e. The molecule has 0 saturated carbocycles. The van der Waals surface area contributed by atoms with Crippen LogP contribution in [0.1, 0.15) is 25.0 Å². The van der Waals surface area contributed by atoms with Gasteiger partial charge < -0.3 is 36.9 Å². The van der Waals surface area contributed by atoms with Crippen molar-refractivity contribution in [3.8, 4) is 89.5 Å². The molecule has 1 aliphatic rings.